The van der Waals surface area contributed by atoms with E-state index in [2.05, 4.69) is 4.98 Å². The van der Waals surface area contributed by atoms with Crippen molar-refractivity contribution in [2.24, 2.45) is 0 Å². The molecule has 1 aliphatic rings. The quantitative estimate of drug-likeness (QED) is 0.709. The molecule has 1 aromatic carbocycles. The zero-order chi connectivity index (χ0) is 19.8. The summed E-state index contributed by atoms with van der Waals surface area (Å²) < 4.78 is 64.8. The first kappa shape index (κ1) is 19.3. The van der Waals surface area contributed by atoms with Crippen molar-refractivity contribution in [3.63, 3.8) is 0 Å². The van der Waals surface area contributed by atoms with Crippen LogP contribution in [0, 0.1) is 11.6 Å². The number of aromatic nitrogens is 1. The smallest absolute Gasteiger partial charge is 0.352 e. The van der Waals surface area contributed by atoms with E-state index in [0.29, 0.717) is 12.3 Å². The van der Waals surface area contributed by atoms with Gasteiger partial charge >= 0.3 is 6.18 Å². The first-order chi connectivity index (χ1) is 12.7. The second-order valence-electron chi connectivity index (χ2n) is 5.93. The Morgan fingerprint density at radius 1 is 1.07 bits per heavy atom. The molecule has 0 atom stereocenters. The van der Waals surface area contributed by atoms with Crippen LogP contribution in [0.1, 0.15) is 15.9 Å². The monoisotopic (exact) mass is 405 g/mol. The van der Waals surface area contributed by atoms with Crippen LogP contribution in [0.15, 0.2) is 30.5 Å². The summed E-state index contributed by atoms with van der Waals surface area (Å²) in [6, 6.07) is 3.51. The lowest BCUT2D eigenvalue weighted by Crippen LogP contribution is -2.49. The normalized spacial score (nSPS) is 15.2. The number of nitrogens with zero attached hydrogens (tertiary/aromatic N) is 3. The van der Waals surface area contributed by atoms with Gasteiger partial charge in [-0.3, -0.25) is 4.79 Å². The number of rotatable bonds is 2. The molecule has 27 heavy (non-hydrogen) atoms. The van der Waals surface area contributed by atoms with Gasteiger partial charge in [0.15, 0.2) is 0 Å². The van der Waals surface area contributed by atoms with Gasteiger partial charge in [0, 0.05) is 38.4 Å². The number of carbonyl (C=O) groups excluding carboxylic acids is 1. The van der Waals surface area contributed by atoms with Crippen LogP contribution in [0.5, 0.6) is 0 Å². The number of amides is 1. The zero-order valence-corrected chi connectivity index (χ0v) is 14.5. The molecule has 0 spiro atoms. The van der Waals surface area contributed by atoms with Crippen molar-refractivity contribution in [2.45, 2.75) is 6.18 Å². The summed E-state index contributed by atoms with van der Waals surface area (Å²) in [6.45, 7) is 0.892. The summed E-state index contributed by atoms with van der Waals surface area (Å²) in [5, 5.41) is -0.144. The van der Waals surface area contributed by atoms with Crippen molar-refractivity contribution in [1.29, 1.82) is 0 Å². The number of piperazine rings is 1. The molecular weight excluding hydrogens is 393 g/mol. The molecule has 0 aliphatic carbocycles. The first-order valence-electron chi connectivity index (χ1n) is 7.89. The topological polar surface area (TPSA) is 36.4 Å². The molecule has 2 heterocycles. The highest BCUT2D eigenvalue weighted by Gasteiger charge is 2.32. The fraction of sp³-hybridized carbons (Fsp3) is 0.294. The molecule has 1 fully saturated rings. The summed E-state index contributed by atoms with van der Waals surface area (Å²) in [4.78, 5) is 19.2. The van der Waals surface area contributed by atoms with Crippen LogP contribution in [-0.2, 0) is 6.18 Å². The Hall–Kier alpha value is -2.42. The molecular formula is C17H13ClF5N3O. The number of pyridine rings is 1. The molecule has 3 rings (SSSR count). The van der Waals surface area contributed by atoms with Gasteiger partial charge < -0.3 is 9.80 Å². The molecule has 0 radical (unpaired) electrons. The van der Waals surface area contributed by atoms with E-state index in [9.17, 15) is 26.7 Å². The summed E-state index contributed by atoms with van der Waals surface area (Å²) in [5.74, 6) is -2.13. The Kier molecular flexibility index (Phi) is 5.23. The minimum Gasteiger partial charge on any atom is -0.352 e. The van der Waals surface area contributed by atoms with Gasteiger partial charge in [-0.15, -0.1) is 0 Å². The Morgan fingerprint density at radius 2 is 1.74 bits per heavy atom. The average Bonchev–Trinajstić information content (AvgIpc) is 2.60. The van der Waals surface area contributed by atoms with Gasteiger partial charge in [0.1, 0.15) is 17.5 Å². The summed E-state index contributed by atoms with van der Waals surface area (Å²) in [7, 11) is 0. The maximum atomic E-state index is 13.8. The fourth-order valence-corrected chi connectivity index (χ4v) is 3.06. The lowest BCUT2D eigenvalue weighted by atomic mass is 10.1. The van der Waals surface area contributed by atoms with E-state index < -0.39 is 29.3 Å². The highest BCUT2D eigenvalue weighted by molar-refractivity contribution is 6.33. The van der Waals surface area contributed by atoms with Crippen LogP contribution in [0.25, 0.3) is 0 Å². The van der Waals surface area contributed by atoms with Crippen molar-refractivity contribution in [2.75, 3.05) is 31.1 Å². The van der Waals surface area contributed by atoms with Gasteiger partial charge in [-0.25, -0.2) is 13.8 Å². The third-order valence-electron chi connectivity index (χ3n) is 4.18. The van der Waals surface area contributed by atoms with Crippen molar-refractivity contribution in [3.05, 3.63) is 58.2 Å². The summed E-state index contributed by atoms with van der Waals surface area (Å²) >= 11 is 5.93. The molecule has 144 valence electrons. The van der Waals surface area contributed by atoms with E-state index >= 15 is 0 Å². The molecule has 1 aliphatic heterocycles. The van der Waals surface area contributed by atoms with E-state index in [1.807, 2.05) is 0 Å². The summed E-state index contributed by atoms with van der Waals surface area (Å²) in [6.07, 6.45) is -3.84. The number of carbonyl (C=O) groups is 1. The molecule has 4 nitrogen and oxygen atoms in total. The Labute approximate surface area is 156 Å². The van der Waals surface area contributed by atoms with Crippen LogP contribution >= 0.6 is 11.6 Å². The molecule has 0 saturated carbocycles. The number of hydrogen-bond acceptors (Lipinski definition) is 3. The van der Waals surface area contributed by atoms with Gasteiger partial charge in [0.05, 0.1) is 16.1 Å². The lowest BCUT2D eigenvalue weighted by molar-refractivity contribution is -0.137. The van der Waals surface area contributed by atoms with Crippen molar-refractivity contribution in [3.8, 4) is 0 Å². The van der Waals surface area contributed by atoms with E-state index in [0.717, 1.165) is 18.2 Å². The second-order valence-corrected chi connectivity index (χ2v) is 6.34. The van der Waals surface area contributed by atoms with Crippen LogP contribution < -0.4 is 4.90 Å². The summed E-state index contributed by atoms with van der Waals surface area (Å²) in [5.41, 5.74) is -1.19. The second kappa shape index (κ2) is 7.30. The third-order valence-corrected chi connectivity index (χ3v) is 4.46. The van der Waals surface area contributed by atoms with E-state index in [1.165, 1.54) is 4.90 Å². The zero-order valence-electron chi connectivity index (χ0n) is 13.7. The predicted octanol–water partition coefficient (Wildman–Crippen LogP) is 3.99. The SMILES string of the molecule is O=C(c1ccc(F)cc1F)N1CCN(c2ncc(C(F)(F)F)cc2Cl)CC1. The first-order valence-corrected chi connectivity index (χ1v) is 8.26. The number of benzene rings is 1. The Morgan fingerprint density at radius 3 is 2.30 bits per heavy atom. The van der Waals surface area contributed by atoms with Gasteiger partial charge in [-0.05, 0) is 18.2 Å². The lowest BCUT2D eigenvalue weighted by Gasteiger charge is -2.35. The highest BCUT2D eigenvalue weighted by Crippen LogP contribution is 2.33. The Balaban J connectivity index is 1.69. The van der Waals surface area contributed by atoms with Gasteiger partial charge in [-0.2, -0.15) is 13.2 Å². The van der Waals surface area contributed by atoms with Crippen LogP contribution in [-0.4, -0.2) is 42.0 Å². The number of alkyl halides is 3. The van der Waals surface area contributed by atoms with Crippen molar-refractivity contribution in [1.82, 2.24) is 9.88 Å². The Bertz CT molecular complexity index is 866. The predicted molar refractivity (Wildman–Crippen MR) is 88.7 cm³/mol. The fourth-order valence-electron chi connectivity index (χ4n) is 2.77. The molecule has 1 amide bonds. The van der Waals surface area contributed by atoms with E-state index in [4.69, 9.17) is 11.6 Å². The largest absolute Gasteiger partial charge is 0.417 e. The number of hydrogen-bond donors (Lipinski definition) is 0. The van der Waals surface area contributed by atoms with Gasteiger partial charge in [0.25, 0.3) is 5.91 Å². The van der Waals surface area contributed by atoms with Crippen molar-refractivity contribution < 1.29 is 26.7 Å². The van der Waals surface area contributed by atoms with Crippen LogP contribution in [0.2, 0.25) is 5.02 Å². The third kappa shape index (κ3) is 4.13. The maximum Gasteiger partial charge on any atom is 0.417 e. The highest BCUT2D eigenvalue weighted by atomic mass is 35.5. The van der Waals surface area contributed by atoms with Crippen molar-refractivity contribution >= 4 is 23.3 Å². The molecule has 0 N–H and O–H groups in total. The van der Waals surface area contributed by atoms with Crippen LogP contribution in [0.3, 0.4) is 0 Å². The number of halogens is 6. The minimum atomic E-state index is -4.54. The molecule has 0 bridgehead atoms. The standard InChI is InChI=1S/C17H13ClF5N3O/c18-13-7-10(17(21,22)23)9-24-15(13)25-3-5-26(6-4-25)16(27)12-2-1-11(19)8-14(12)20/h1-2,7-9H,3-6H2. The van der Waals surface area contributed by atoms with E-state index in [1.54, 1.807) is 4.90 Å². The van der Waals surface area contributed by atoms with Crippen LogP contribution in [0.4, 0.5) is 27.8 Å². The van der Waals surface area contributed by atoms with Gasteiger partial charge in [-0.1, -0.05) is 11.6 Å². The molecule has 1 aromatic heterocycles. The molecule has 2 aromatic rings. The van der Waals surface area contributed by atoms with E-state index in [-0.39, 0.29) is 42.6 Å². The molecule has 10 heteroatoms. The maximum absolute atomic E-state index is 13.8. The van der Waals surface area contributed by atoms with Gasteiger partial charge in [0.2, 0.25) is 0 Å². The number of anilines is 1. The average molecular weight is 406 g/mol. The minimum absolute atomic E-state index is 0.144. The molecule has 0 unspecified atom stereocenters. The molecule has 1 saturated heterocycles.